The van der Waals surface area contributed by atoms with Gasteiger partial charge in [0.15, 0.2) is 0 Å². The summed E-state index contributed by atoms with van der Waals surface area (Å²) in [4.78, 5) is 13.1. The highest BCUT2D eigenvalue weighted by molar-refractivity contribution is 7.89. The lowest BCUT2D eigenvalue weighted by Crippen LogP contribution is -2.35. The normalized spacial score (nSPS) is 19.8. The molecule has 7 heteroatoms. The van der Waals surface area contributed by atoms with Gasteiger partial charge in [-0.1, -0.05) is 30.7 Å². The summed E-state index contributed by atoms with van der Waals surface area (Å²) in [7, 11) is -3.54. The highest BCUT2D eigenvalue weighted by atomic mass is 32.2. The monoisotopic (exact) mass is 414 g/mol. The van der Waals surface area contributed by atoms with Crippen LogP contribution in [0.25, 0.3) is 0 Å². The van der Waals surface area contributed by atoms with Crippen LogP contribution in [0.1, 0.15) is 30.4 Å². The molecule has 2 aliphatic heterocycles. The van der Waals surface area contributed by atoms with Crippen molar-refractivity contribution in [3.63, 3.8) is 0 Å². The Labute approximate surface area is 171 Å². The first-order valence-electron chi connectivity index (χ1n) is 10.1. The van der Waals surface area contributed by atoms with Crippen molar-refractivity contribution in [2.45, 2.75) is 37.5 Å². The first kappa shape index (κ1) is 19.9. The van der Waals surface area contributed by atoms with E-state index in [9.17, 15) is 13.2 Å². The fraction of sp³-hybridized carbons (Fsp3) is 0.409. The maximum Gasteiger partial charge on any atom is 0.243 e. The quantitative estimate of drug-likeness (QED) is 0.832. The third-order valence-electron chi connectivity index (χ3n) is 5.67. The van der Waals surface area contributed by atoms with Gasteiger partial charge in [0.25, 0.3) is 0 Å². The van der Waals surface area contributed by atoms with E-state index in [1.807, 2.05) is 31.2 Å². The van der Waals surface area contributed by atoms with Gasteiger partial charge in [-0.15, -0.1) is 0 Å². The molecule has 2 aromatic carbocycles. The number of carbonyl (C=O) groups excluding carboxylic acids is 1. The van der Waals surface area contributed by atoms with Gasteiger partial charge >= 0.3 is 0 Å². The summed E-state index contributed by atoms with van der Waals surface area (Å²) < 4.78 is 33.2. The van der Waals surface area contributed by atoms with Crippen molar-refractivity contribution in [2.24, 2.45) is 5.92 Å². The Bertz CT molecular complexity index is 1010. The van der Waals surface area contributed by atoms with Gasteiger partial charge < -0.3 is 10.1 Å². The van der Waals surface area contributed by atoms with Crippen LogP contribution >= 0.6 is 0 Å². The molecule has 0 spiro atoms. The molecule has 1 saturated heterocycles. The number of amides is 1. The number of para-hydroxylation sites is 1. The molecule has 0 radical (unpaired) electrons. The Morgan fingerprint density at radius 3 is 2.66 bits per heavy atom. The van der Waals surface area contributed by atoms with Gasteiger partial charge in [-0.05, 0) is 55.5 Å². The van der Waals surface area contributed by atoms with Crippen LogP contribution in [0.5, 0.6) is 5.75 Å². The van der Waals surface area contributed by atoms with Crippen molar-refractivity contribution >= 4 is 21.6 Å². The number of rotatable bonds is 4. The lowest BCUT2D eigenvalue weighted by molar-refractivity contribution is -0.121. The first-order chi connectivity index (χ1) is 13.9. The van der Waals surface area contributed by atoms with Crippen LogP contribution in [-0.4, -0.2) is 38.3 Å². The molecule has 2 aromatic rings. The number of hydrogen-bond acceptors (Lipinski definition) is 4. The van der Waals surface area contributed by atoms with Crippen LogP contribution in [0.3, 0.4) is 0 Å². The second kappa shape index (κ2) is 8.16. The summed E-state index contributed by atoms with van der Waals surface area (Å²) in [5.74, 6) is 0.351. The number of benzene rings is 2. The molecule has 6 nitrogen and oxygen atoms in total. The minimum Gasteiger partial charge on any atom is -0.492 e. The maximum absolute atomic E-state index is 13.0. The molecule has 154 valence electrons. The topological polar surface area (TPSA) is 75.7 Å². The van der Waals surface area contributed by atoms with Crippen molar-refractivity contribution in [2.75, 3.05) is 25.0 Å². The molecular weight excluding hydrogens is 388 g/mol. The lowest BCUT2D eigenvalue weighted by atomic mass is 9.96. The van der Waals surface area contributed by atoms with Crippen molar-refractivity contribution in [1.29, 1.82) is 0 Å². The van der Waals surface area contributed by atoms with E-state index in [4.69, 9.17) is 4.74 Å². The Morgan fingerprint density at radius 2 is 1.86 bits per heavy atom. The zero-order valence-corrected chi connectivity index (χ0v) is 17.4. The molecular formula is C22H26N2O4S. The van der Waals surface area contributed by atoms with E-state index < -0.39 is 10.0 Å². The number of fused-ring (bicyclic) bond motifs is 1. The number of hydrogen-bond donors (Lipinski definition) is 1. The predicted octanol–water partition coefficient (Wildman–Crippen LogP) is 3.36. The first-order valence-corrected chi connectivity index (χ1v) is 11.5. The second-order valence-corrected chi connectivity index (χ2v) is 9.69. The molecule has 0 aliphatic carbocycles. The Hall–Kier alpha value is -2.38. The molecule has 1 amide bonds. The number of carbonyl (C=O) groups is 1. The van der Waals surface area contributed by atoms with E-state index in [1.54, 1.807) is 22.5 Å². The third kappa shape index (κ3) is 4.16. The minimum atomic E-state index is -3.54. The van der Waals surface area contributed by atoms with E-state index in [0.717, 1.165) is 36.1 Å². The number of sulfonamides is 1. The highest BCUT2D eigenvalue weighted by Crippen LogP contribution is 2.29. The largest absolute Gasteiger partial charge is 0.492 e. The molecule has 1 atom stereocenters. The summed E-state index contributed by atoms with van der Waals surface area (Å²) in [6, 6.07) is 12.7. The van der Waals surface area contributed by atoms with Gasteiger partial charge in [-0.3, -0.25) is 4.79 Å². The standard InChI is InChI=1S/C22H26N2O4S/c1-16-9-10-19(29(26,27)24-11-5-2-6-12-24)14-20(16)23-22(25)18-13-17-7-3-4-8-21(17)28-15-18/h3-4,7-10,14,18H,2,5-6,11-13,15H2,1H3,(H,23,25)/t18-/m1/s1. The lowest BCUT2D eigenvalue weighted by Gasteiger charge is -2.26. The zero-order valence-electron chi connectivity index (χ0n) is 16.6. The zero-order chi connectivity index (χ0) is 20.4. The molecule has 2 heterocycles. The molecule has 1 fully saturated rings. The van der Waals surface area contributed by atoms with Gasteiger partial charge in [0.05, 0.1) is 10.8 Å². The average Bonchev–Trinajstić information content (AvgIpc) is 2.75. The fourth-order valence-corrected chi connectivity index (χ4v) is 5.43. The molecule has 0 bridgehead atoms. The Morgan fingerprint density at radius 1 is 1.10 bits per heavy atom. The molecule has 0 saturated carbocycles. The number of aryl methyl sites for hydroxylation is 1. The van der Waals surface area contributed by atoms with E-state index in [2.05, 4.69) is 5.32 Å². The van der Waals surface area contributed by atoms with Crippen LogP contribution in [0, 0.1) is 12.8 Å². The maximum atomic E-state index is 13.0. The molecule has 1 N–H and O–H groups in total. The molecule has 0 unspecified atom stereocenters. The van der Waals surface area contributed by atoms with Gasteiger partial charge in [0, 0.05) is 18.8 Å². The summed E-state index contributed by atoms with van der Waals surface area (Å²) in [6.45, 7) is 3.28. The predicted molar refractivity (Wildman–Crippen MR) is 112 cm³/mol. The Balaban J connectivity index is 1.52. The molecule has 29 heavy (non-hydrogen) atoms. The fourth-order valence-electron chi connectivity index (χ4n) is 3.88. The van der Waals surface area contributed by atoms with Crippen molar-refractivity contribution in [3.8, 4) is 5.75 Å². The van der Waals surface area contributed by atoms with E-state index in [-0.39, 0.29) is 16.7 Å². The van der Waals surface area contributed by atoms with Crippen LogP contribution < -0.4 is 10.1 Å². The van der Waals surface area contributed by atoms with Crippen LogP contribution in [0.4, 0.5) is 5.69 Å². The summed E-state index contributed by atoms with van der Waals surface area (Å²) >= 11 is 0. The number of anilines is 1. The van der Waals surface area contributed by atoms with E-state index >= 15 is 0 Å². The van der Waals surface area contributed by atoms with Crippen molar-refractivity contribution in [3.05, 3.63) is 53.6 Å². The van der Waals surface area contributed by atoms with E-state index in [1.165, 1.54) is 0 Å². The number of nitrogens with one attached hydrogen (secondary N) is 1. The van der Waals surface area contributed by atoms with Gasteiger partial charge in [0.2, 0.25) is 15.9 Å². The Kier molecular flexibility index (Phi) is 5.61. The highest BCUT2D eigenvalue weighted by Gasteiger charge is 2.28. The summed E-state index contributed by atoms with van der Waals surface area (Å²) in [6.07, 6.45) is 3.44. The number of nitrogens with zero attached hydrogens (tertiary/aromatic N) is 1. The summed E-state index contributed by atoms with van der Waals surface area (Å²) in [5, 5.41) is 2.92. The molecule has 0 aromatic heterocycles. The number of piperidine rings is 1. The third-order valence-corrected chi connectivity index (χ3v) is 7.56. The van der Waals surface area contributed by atoms with Gasteiger partial charge in [-0.2, -0.15) is 4.31 Å². The van der Waals surface area contributed by atoms with Crippen molar-refractivity contribution in [1.82, 2.24) is 4.31 Å². The second-order valence-electron chi connectivity index (χ2n) is 7.75. The van der Waals surface area contributed by atoms with Gasteiger partial charge in [0.1, 0.15) is 12.4 Å². The van der Waals surface area contributed by atoms with Gasteiger partial charge in [-0.25, -0.2) is 8.42 Å². The number of ether oxygens (including phenoxy) is 1. The molecule has 2 aliphatic rings. The minimum absolute atomic E-state index is 0.157. The van der Waals surface area contributed by atoms with Crippen molar-refractivity contribution < 1.29 is 17.9 Å². The van der Waals surface area contributed by atoms with Crippen LogP contribution in [-0.2, 0) is 21.2 Å². The summed E-state index contributed by atoms with van der Waals surface area (Å²) in [5.41, 5.74) is 2.37. The average molecular weight is 415 g/mol. The van der Waals surface area contributed by atoms with E-state index in [0.29, 0.717) is 31.8 Å². The SMILES string of the molecule is Cc1ccc(S(=O)(=O)N2CCCCC2)cc1NC(=O)[C@H]1COc2ccccc2C1. The van der Waals surface area contributed by atoms with Crippen LogP contribution in [0.15, 0.2) is 47.4 Å². The smallest absolute Gasteiger partial charge is 0.243 e. The molecule has 4 rings (SSSR count). The van der Waals surface area contributed by atoms with Crippen LogP contribution in [0.2, 0.25) is 0 Å².